The Bertz CT molecular complexity index is 597. The van der Waals surface area contributed by atoms with E-state index in [1.165, 1.54) is 11.2 Å². The lowest BCUT2D eigenvalue weighted by Gasteiger charge is -2.30. The third-order valence-electron chi connectivity index (χ3n) is 3.74. The SMILES string of the molecule is Cc1cc(F)c(S(=O)(=O)N2CCC(CN)CC2)cc1F. The van der Waals surface area contributed by atoms with Crippen LogP contribution in [0, 0.1) is 24.5 Å². The van der Waals surface area contributed by atoms with Crippen molar-refractivity contribution in [2.75, 3.05) is 19.6 Å². The maximum absolute atomic E-state index is 13.8. The topological polar surface area (TPSA) is 63.4 Å². The van der Waals surface area contributed by atoms with Gasteiger partial charge in [0.05, 0.1) is 0 Å². The van der Waals surface area contributed by atoms with Crippen molar-refractivity contribution in [2.45, 2.75) is 24.7 Å². The molecule has 0 bridgehead atoms. The summed E-state index contributed by atoms with van der Waals surface area (Å²) in [6, 6.07) is 1.67. The second-order valence-electron chi connectivity index (χ2n) is 5.11. The van der Waals surface area contributed by atoms with Gasteiger partial charge in [-0.1, -0.05) is 0 Å². The first kappa shape index (κ1) is 15.3. The summed E-state index contributed by atoms with van der Waals surface area (Å²) in [6.45, 7) is 2.49. The molecule has 0 aliphatic carbocycles. The normalized spacial score (nSPS) is 18.4. The highest BCUT2D eigenvalue weighted by atomic mass is 32.2. The van der Waals surface area contributed by atoms with E-state index in [4.69, 9.17) is 5.73 Å². The molecule has 7 heteroatoms. The van der Waals surface area contributed by atoms with Gasteiger partial charge in [0.25, 0.3) is 0 Å². The number of hydrogen-bond acceptors (Lipinski definition) is 3. The van der Waals surface area contributed by atoms with Crippen LogP contribution in [-0.2, 0) is 10.0 Å². The van der Waals surface area contributed by atoms with Crippen LogP contribution in [0.5, 0.6) is 0 Å². The van der Waals surface area contributed by atoms with Gasteiger partial charge in [0.2, 0.25) is 10.0 Å². The van der Waals surface area contributed by atoms with Gasteiger partial charge in [-0.2, -0.15) is 4.31 Å². The van der Waals surface area contributed by atoms with E-state index in [9.17, 15) is 17.2 Å². The van der Waals surface area contributed by atoms with Gasteiger partial charge in [-0.15, -0.1) is 0 Å². The van der Waals surface area contributed by atoms with Crippen molar-refractivity contribution < 1.29 is 17.2 Å². The maximum atomic E-state index is 13.8. The molecule has 0 spiro atoms. The van der Waals surface area contributed by atoms with Gasteiger partial charge in [0.15, 0.2) is 0 Å². The predicted octanol–water partition coefficient (Wildman–Crippen LogP) is 1.63. The van der Waals surface area contributed by atoms with E-state index < -0.39 is 26.6 Å². The second kappa shape index (κ2) is 5.75. The summed E-state index contributed by atoms with van der Waals surface area (Å²) in [6.07, 6.45) is 1.29. The summed E-state index contributed by atoms with van der Waals surface area (Å²) in [5.74, 6) is -1.34. The zero-order chi connectivity index (χ0) is 14.9. The molecule has 2 N–H and O–H groups in total. The first-order valence-corrected chi connectivity index (χ1v) is 7.96. The van der Waals surface area contributed by atoms with Crippen LogP contribution in [0.4, 0.5) is 8.78 Å². The predicted molar refractivity (Wildman–Crippen MR) is 71.6 cm³/mol. The van der Waals surface area contributed by atoms with Crippen molar-refractivity contribution in [1.82, 2.24) is 4.31 Å². The molecule has 0 radical (unpaired) electrons. The number of nitrogens with zero attached hydrogens (tertiary/aromatic N) is 1. The molecule has 0 aromatic heterocycles. The standard InChI is InChI=1S/C13H18F2N2O2S/c1-9-6-12(15)13(7-11(9)14)20(18,19)17-4-2-10(8-16)3-5-17/h6-7,10H,2-5,8,16H2,1H3. The van der Waals surface area contributed by atoms with Gasteiger partial charge in [0, 0.05) is 13.1 Å². The van der Waals surface area contributed by atoms with Crippen molar-refractivity contribution in [2.24, 2.45) is 11.7 Å². The number of benzene rings is 1. The molecule has 20 heavy (non-hydrogen) atoms. The fraction of sp³-hybridized carbons (Fsp3) is 0.538. The van der Waals surface area contributed by atoms with Crippen molar-refractivity contribution in [1.29, 1.82) is 0 Å². The highest BCUT2D eigenvalue weighted by Crippen LogP contribution is 2.26. The molecule has 1 aliphatic rings. The Kier molecular flexibility index (Phi) is 4.41. The van der Waals surface area contributed by atoms with E-state index >= 15 is 0 Å². The van der Waals surface area contributed by atoms with E-state index in [1.54, 1.807) is 0 Å². The third kappa shape index (κ3) is 2.84. The minimum Gasteiger partial charge on any atom is -0.330 e. The Labute approximate surface area is 117 Å². The largest absolute Gasteiger partial charge is 0.330 e. The maximum Gasteiger partial charge on any atom is 0.246 e. The van der Waals surface area contributed by atoms with Crippen LogP contribution in [0.15, 0.2) is 17.0 Å². The fourth-order valence-corrected chi connectivity index (χ4v) is 3.88. The highest BCUT2D eigenvalue weighted by Gasteiger charge is 2.31. The molecule has 1 fully saturated rings. The van der Waals surface area contributed by atoms with Gasteiger partial charge in [-0.25, -0.2) is 17.2 Å². The summed E-state index contributed by atoms with van der Waals surface area (Å²) >= 11 is 0. The molecule has 1 aromatic rings. The van der Waals surface area contributed by atoms with E-state index in [0.717, 1.165) is 12.1 Å². The number of piperidine rings is 1. The highest BCUT2D eigenvalue weighted by molar-refractivity contribution is 7.89. The molecule has 4 nitrogen and oxygen atoms in total. The van der Waals surface area contributed by atoms with Gasteiger partial charge >= 0.3 is 0 Å². The van der Waals surface area contributed by atoms with E-state index in [2.05, 4.69) is 0 Å². The summed E-state index contributed by atoms with van der Waals surface area (Å²) < 4.78 is 53.2. The molecule has 0 amide bonds. The van der Waals surface area contributed by atoms with Crippen LogP contribution in [0.2, 0.25) is 0 Å². The zero-order valence-corrected chi connectivity index (χ0v) is 12.1. The Balaban J connectivity index is 2.30. The molecule has 0 atom stereocenters. The minimum atomic E-state index is -3.99. The molecule has 1 aromatic carbocycles. The van der Waals surface area contributed by atoms with Crippen molar-refractivity contribution in [3.8, 4) is 0 Å². The molecular formula is C13H18F2N2O2S. The summed E-state index contributed by atoms with van der Waals surface area (Å²) in [5, 5.41) is 0. The Morgan fingerprint density at radius 3 is 2.40 bits per heavy atom. The second-order valence-corrected chi connectivity index (χ2v) is 7.02. The molecule has 1 heterocycles. The van der Waals surface area contributed by atoms with Crippen LogP contribution in [-0.4, -0.2) is 32.4 Å². The smallest absolute Gasteiger partial charge is 0.246 e. The van der Waals surface area contributed by atoms with Crippen LogP contribution < -0.4 is 5.73 Å². The van der Waals surface area contributed by atoms with Crippen molar-refractivity contribution >= 4 is 10.0 Å². The van der Waals surface area contributed by atoms with Gasteiger partial charge in [-0.3, -0.25) is 0 Å². The van der Waals surface area contributed by atoms with Crippen LogP contribution in [0.25, 0.3) is 0 Å². The minimum absolute atomic E-state index is 0.0864. The fourth-order valence-electron chi connectivity index (χ4n) is 2.35. The van der Waals surface area contributed by atoms with Crippen molar-refractivity contribution in [3.63, 3.8) is 0 Å². The first-order chi connectivity index (χ1) is 9.36. The van der Waals surface area contributed by atoms with Crippen LogP contribution >= 0.6 is 0 Å². The van der Waals surface area contributed by atoms with E-state index in [1.807, 2.05) is 0 Å². The molecule has 112 valence electrons. The number of nitrogens with two attached hydrogens (primary N) is 1. The van der Waals surface area contributed by atoms with E-state index in [0.29, 0.717) is 38.4 Å². The quantitative estimate of drug-likeness (QED) is 0.923. The summed E-state index contributed by atoms with van der Waals surface area (Å²) in [7, 11) is -3.99. The molecule has 1 saturated heterocycles. The average molecular weight is 304 g/mol. The lowest BCUT2D eigenvalue weighted by atomic mass is 9.99. The molecular weight excluding hydrogens is 286 g/mol. The molecule has 2 rings (SSSR count). The first-order valence-electron chi connectivity index (χ1n) is 6.52. The average Bonchev–Trinajstić information content (AvgIpc) is 2.42. The number of hydrogen-bond donors (Lipinski definition) is 1. The Morgan fingerprint density at radius 2 is 1.85 bits per heavy atom. The van der Waals surface area contributed by atoms with Gasteiger partial charge < -0.3 is 5.73 Å². The van der Waals surface area contributed by atoms with E-state index in [-0.39, 0.29) is 5.56 Å². The molecule has 0 unspecified atom stereocenters. The lowest BCUT2D eigenvalue weighted by molar-refractivity contribution is 0.277. The zero-order valence-electron chi connectivity index (χ0n) is 11.3. The summed E-state index contributed by atoms with van der Waals surface area (Å²) in [5.41, 5.74) is 5.64. The monoisotopic (exact) mass is 304 g/mol. The Morgan fingerprint density at radius 1 is 1.25 bits per heavy atom. The molecule has 0 saturated carbocycles. The number of sulfonamides is 1. The van der Waals surface area contributed by atoms with Gasteiger partial charge in [0.1, 0.15) is 16.5 Å². The number of halogens is 2. The third-order valence-corrected chi connectivity index (χ3v) is 5.65. The van der Waals surface area contributed by atoms with Crippen LogP contribution in [0.3, 0.4) is 0 Å². The lowest BCUT2D eigenvalue weighted by Crippen LogP contribution is -2.40. The Hall–Kier alpha value is -1.05. The van der Waals surface area contributed by atoms with Crippen molar-refractivity contribution in [3.05, 3.63) is 29.3 Å². The molecule has 1 aliphatic heterocycles. The van der Waals surface area contributed by atoms with Crippen LogP contribution in [0.1, 0.15) is 18.4 Å². The number of aryl methyl sites for hydroxylation is 1. The number of rotatable bonds is 3. The van der Waals surface area contributed by atoms with Gasteiger partial charge in [-0.05, 0) is 49.9 Å². The summed E-state index contributed by atoms with van der Waals surface area (Å²) in [4.78, 5) is -0.591.